The molecule has 0 aromatic carbocycles. The van der Waals surface area contributed by atoms with Crippen LogP contribution in [0.2, 0.25) is 0 Å². The van der Waals surface area contributed by atoms with E-state index in [1.807, 2.05) is 29.1 Å². The summed E-state index contributed by atoms with van der Waals surface area (Å²) in [7, 11) is 0. The predicted octanol–water partition coefficient (Wildman–Crippen LogP) is 1.80. The minimum atomic E-state index is -0.346. The Hall–Kier alpha value is -2.10. The molecule has 0 saturated heterocycles. The number of ether oxygens (including phenoxy) is 1. The Morgan fingerprint density at radius 2 is 2.07 bits per heavy atom. The lowest BCUT2D eigenvalue weighted by Gasteiger charge is -2.04. The smallest absolute Gasteiger partial charge is 0.308 e. The number of rotatable bonds is 2. The number of hydrogen-bond donors (Lipinski definition) is 0. The van der Waals surface area contributed by atoms with Crippen molar-refractivity contribution in [2.24, 2.45) is 0 Å². The molecule has 0 fully saturated rings. The highest BCUT2D eigenvalue weighted by molar-refractivity contribution is 5.69. The van der Waals surface area contributed by atoms with Gasteiger partial charge in [-0.25, -0.2) is 0 Å². The Morgan fingerprint density at radius 3 is 2.73 bits per heavy atom. The first-order valence-electron chi connectivity index (χ1n) is 4.52. The van der Waals surface area contributed by atoms with Crippen LogP contribution in [0.25, 0.3) is 5.69 Å². The first-order chi connectivity index (χ1) is 7.25. The van der Waals surface area contributed by atoms with Gasteiger partial charge >= 0.3 is 5.97 Å². The van der Waals surface area contributed by atoms with Crippen molar-refractivity contribution in [1.29, 1.82) is 0 Å². The standard InChI is InChI=1S/C11H10N2O2/c1-9(14)15-11-6-10(7-12-8-11)13-4-2-3-5-13/h2-8H,1H3. The van der Waals surface area contributed by atoms with Gasteiger partial charge in [0.15, 0.2) is 5.75 Å². The summed E-state index contributed by atoms with van der Waals surface area (Å²) in [5.74, 6) is 0.107. The van der Waals surface area contributed by atoms with Crippen LogP contribution >= 0.6 is 0 Å². The molecule has 0 saturated carbocycles. The van der Waals surface area contributed by atoms with Gasteiger partial charge in [-0.05, 0) is 12.1 Å². The van der Waals surface area contributed by atoms with Gasteiger partial charge in [-0.3, -0.25) is 9.78 Å². The zero-order valence-electron chi connectivity index (χ0n) is 8.25. The molecule has 2 aromatic heterocycles. The lowest BCUT2D eigenvalue weighted by molar-refractivity contribution is -0.131. The Balaban J connectivity index is 2.31. The molecule has 76 valence electrons. The number of esters is 1. The van der Waals surface area contributed by atoms with Crippen molar-refractivity contribution in [3.05, 3.63) is 43.0 Å². The molecule has 2 rings (SSSR count). The van der Waals surface area contributed by atoms with Crippen molar-refractivity contribution in [3.63, 3.8) is 0 Å². The van der Waals surface area contributed by atoms with Crippen LogP contribution in [-0.4, -0.2) is 15.5 Å². The molecule has 0 aliphatic carbocycles. The van der Waals surface area contributed by atoms with E-state index in [1.165, 1.54) is 13.1 Å². The molecular formula is C11H10N2O2. The summed E-state index contributed by atoms with van der Waals surface area (Å²) in [6, 6.07) is 5.59. The van der Waals surface area contributed by atoms with Gasteiger partial charge in [0.05, 0.1) is 18.1 Å². The molecule has 4 heteroatoms. The van der Waals surface area contributed by atoms with Gasteiger partial charge in [0.2, 0.25) is 0 Å². The number of pyridine rings is 1. The van der Waals surface area contributed by atoms with Gasteiger partial charge in [0.1, 0.15) is 0 Å². The fraction of sp³-hybridized carbons (Fsp3) is 0.0909. The number of aromatic nitrogens is 2. The van der Waals surface area contributed by atoms with Crippen molar-refractivity contribution in [1.82, 2.24) is 9.55 Å². The highest BCUT2D eigenvalue weighted by atomic mass is 16.5. The SMILES string of the molecule is CC(=O)Oc1cncc(-n2cccc2)c1. The molecular weight excluding hydrogens is 192 g/mol. The fourth-order valence-corrected chi connectivity index (χ4v) is 1.28. The number of carbonyl (C=O) groups excluding carboxylic acids is 1. The van der Waals surface area contributed by atoms with Crippen molar-refractivity contribution in [2.45, 2.75) is 6.92 Å². The van der Waals surface area contributed by atoms with E-state index in [0.29, 0.717) is 5.75 Å². The van der Waals surface area contributed by atoms with E-state index in [4.69, 9.17) is 4.74 Å². The van der Waals surface area contributed by atoms with E-state index in [1.54, 1.807) is 12.3 Å². The summed E-state index contributed by atoms with van der Waals surface area (Å²) in [5, 5.41) is 0. The van der Waals surface area contributed by atoms with Crippen LogP contribution in [0.15, 0.2) is 43.0 Å². The summed E-state index contributed by atoms with van der Waals surface area (Å²) in [4.78, 5) is 14.7. The summed E-state index contributed by atoms with van der Waals surface area (Å²) < 4.78 is 6.83. The van der Waals surface area contributed by atoms with Gasteiger partial charge < -0.3 is 9.30 Å². The van der Waals surface area contributed by atoms with Gasteiger partial charge in [0, 0.05) is 25.4 Å². The monoisotopic (exact) mass is 202 g/mol. The molecule has 2 aromatic rings. The quantitative estimate of drug-likeness (QED) is 0.697. The molecule has 4 nitrogen and oxygen atoms in total. The molecule has 0 aliphatic rings. The largest absolute Gasteiger partial charge is 0.425 e. The highest BCUT2D eigenvalue weighted by Gasteiger charge is 2.01. The molecule has 0 bridgehead atoms. The normalized spacial score (nSPS) is 9.93. The van der Waals surface area contributed by atoms with Crippen molar-refractivity contribution in [3.8, 4) is 11.4 Å². The zero-order valence-corrected chi connectivity index (χ0v) is 8.25. The maximum absolute atomic E-state index is 10.8. The van der Waals surface area contributed by atoms with E-state index < -0.39 is 0 Å². The second kappa shape index (κ2) is 3.96. The Labute approximate surface area is 87.1 Å². The zero-order chi connectivity index (χ0) is 10.7. The van der Waals surface area contributed by atoms with E-state index in [9.17, 15) is 4.79 Å². The number of carbonyl (C=O) groups is 1. The second-order valence-corrected chi connectivity index (χ2v) is 3.06. The van der Waals surface area contributed by atoms with E-state index in [2.05, 4.69) is 4.98 Å². The third-order valence-corrected chi connectivity index (χ3v) is 1.86. The average molecular weight is 202 g/mol. The van der Waals surface area contributed by atoms with Crippen LogP contribution in [0.4, 0.5) is 0 Å². The van der Waals surface area contributed by atoms with Crippen LogP contribution in [0.5, 0.6) is 5.75 Å². The van der Waals surface area contributed by atoms with E-state index in [0.717, 1.165) is 5.69 Å². The first kappa shape index (κ1) is 9.45. The highest BCUT2D eigenvalue weighted by Crippen LogP contribution is 2.14. The Kier molecular flexibility index (Phi) is 2.49. The second-order valence-electron chi connectivity index (χ2n) is 3.06. The summed E-state index contributed by atoms with van der Waals surface area (Å²) in [5.41, 5.74) is 0.860. The van der Waals surface area contributed by atoms with Gasteiger partial charge in [-0.1, -0.05) is 0 Å². The van der Waals surface area contributed by atoms with Crippen LogP contribution in [0, 0.1) is 0 Å². The molecule has 0 amide bonds. The summed E-state index contributed by atoms with van der Waals surface area (Å²) >= 11 is 0. The summed E-state index contributed by atoms with van der Waals surface area (Å²) in [6.07, 6.45) is 7.00. The van der Waals surface area contributed by atoms with E-state index in [-0.39, 0.29) is 5.97 Å². The first-order valence-corrected chi connectivity index (χ1v) is 4.52. The van der Waals surface area contributed by atoms with Crippen molar-refractivity contribution in [2.75, 3.05) is 0 Å². The average Bonchev–Trinajstić information content (AvgIpc) is 2.69. The van der Waals surface area contributed by atoms with Crippen molar-refractivity contribution < 1.29 is 9.53 Å². The maximum atomic E-state index is 10.8. The lowest BCUT2D eigenvalue weighted by Crippen LogP contribution is -2.02. The molecule has 0 aliphatic heterocycles. The third kappa shape index (κ3) is 2.22. The molecule has 0 atom stereocenters. The molecule has 0 spiro atoms. The molecule has 0 radical (unpaired) electrons. The van der Waals surface area contributed by atoms with Crippen LogP contribution in [0.3, 0.4) is 0 Å². The Bertz CT molecular complexity index is 463. The third-order valence-electron chi connectivity index (χ3n) is 1.86. The minimum Gasteiger partial charge on any atom is -0.425 e. The lowest BCUT2D eigenvalue weighted by atomic mass is 10.4. The molecule has 15 heavy (non-hydrogen) atoms. The summed E-state index contributed by atoms with van der Waals surface area (Å²) in [6.45, 7) is 1.36. The van der Waals surface area contributed by atoms with Gasteiger partial charge in [0.25, 0.3) is 0 Å². The fourth-order valence-electron chi connectivity index (χ4n) is 1.28. The van der Waals surface area contributed by atoms with Crippen LogP contribution in [0.1, 0.15) is 6.92 Å². The van der Waals surface area contributed by atoms with Crippen LogP contribution < -0.4 is 4.74 Å². The predicted molar refractivity (Wildman–Crippen MR) is 54.9 cm³/mol. The van der Waals surface area contributed by atoms with Gasteiger partial charge in [-0.2, -0.15) is 0 Å². The number of nitrogens with zero attached hydrogens (tertiary/aromatic N) is 2. The minimum absolute atomic E-state index is 0.346. The van der Waals surface area contributed by atoms with Crippen molar-refractivity contribution >= 4 is 5.97 Å². The number of hydrogen-bond acceptors (Lipinski definition) is 3. The topological polar surface area (TPSA) is 44.1 Å². The molecule has 0 N–H and O–H groups in total. The van der Waals surface area contributed by atoms with Gasteiger partial charge in [-0.15, -0.1) is 0 Å². The maximum Gasteiger partial charge on any atom is 0.308 e. The van der Waals surface area contributed by atoms with Crippen LogP contribution in [-0.2, 0) is 4.79 Å². The molecule has 2 heterocycles. The van der Waals surface area contributed by atoms with E-state index >= 15 is 0 Å². The Morgan fingerprint density at radius 1 is 1.33 bits per heavy atom. The molecule has 0 unspecified atom stereocenters.